The molecule has 0 aliphatic heterocycles. The third-order valence-electron chi connectivity index (χ3n) is 6.27. The Labute approximate surface area is 142 Å². The molecule has 1 heteroatoms. The maximum atomic E-state index is 6.83. The molecule has 0 spiro atoms. The summed E-state index contributed by atoms with van der Waals surface area (Å²) in [6.45, 7) is 14.2. The van der Waals surface area contributed by atoms with Crippen molar-refractivity contribution in [2.24, 2.45) is 29.6 Å². The topological polar surface area (TPSA) is 0 Å². The van der Waals surface area contributed by atoms with Crippen molar-refractivity contribution in [3.63, 3.8) is 0 Å². The van der Waals surface area contributed by atoms with E-state index in [9.17, 15) is 0 Å². The minimum Gasteiger partial charge on any atom is -0.0655 e. The van der Waals surface area contributed by atoms with Crippen LogP contribution in [0.4, 0.5) is 0 Å². The first kappa shape index (κ1) is 20.1. The summed E-state index contributed by atoms with van der Waals surface area (Å²) in [7, 11) is 6.83. The Kier molecular flexibility index (Phi) is 8.58. The number of hydrogen-bond donors (Lipinski definition) is 0. The van der Waals surface area contributed by atoms with Crippen LogP contribution in [-0.2, 0) is 0 Å². The van der Waals surface area contributed by atoms with Crippen molar-refractivity contribution in [3.8, 4) is 0 Å². The van der Waals surface area contributed by atoms with Gasteiger partial charge in [-0.05, 0) is 36.0 Å². The van der Waals surface area contributed by atoms with E-state index in [4.69, 9.17) is 7.85 Å². The van der Waals surface area contributed by atoms with Gasteiger partial charge in [-0.2, -0.15) is 0 Å². The van der Waals surface area contributed by atoms with Crippen molar-refractivity contribution in [2.45, 2.75) is 105 Å². The molecule has 0 aromatic heterocycles. The highest BCUT2D eigenvalue weighted by Crippen LogP contribution is 2.49. The number of rotatable bonds is 9. The molecule has 0 saturated heterocycles. The second-order valence-corrected chi connectivity index (χ2v) is 9.20. The van der Waals surface area contributed by atoms with Gasteiger partial charge in [0.25, 0.3) is 0 Å². The molecule has 1 aliphatic carbocycles. The summed E-state index contributed by atoms with van der Waals surface area (Å²) in [6.07, 6.45) is 12.0. The minimum atomic E-state index is 0.132. The van der Waals surface area contributed by atoms with Crippen LogP contribution < -0.4 is 0 Å². The van der Waals surface area contributed by atoms with Gasteiger partial charge >= 0.3 is 0 Å². The molecule has 0 heterocycles. The molecule has 1 fully saturated rings. The first-order chi connectivity index (χ1) is 10.3. The highest BCUT2D eigenvalue weighted by molar-refractivity contribution is 6.15. The maximum Gasteiger partial charge on any atom is 0.0746 e. The summed E-state index contributed by atoms with van der Waals surface area (Å²) in [4.78, 5) is 0. The summed E-state index contributed by atoms with van der Waals surface area (Å²) in [5.41, 5.74) is 0. The van der Waals surface area contributed by atoms with Crippen LogP contribution in [0.5, 0.6) is 0 Å². The Balaban J connectivity index is 2.42. The predicted molar refractivity (Wildman–Crippen MR) is 101 cm³/mol. The molecule has 0 aromatic rings. The normalized spacial score (nSPS) is 30.2. The van der Waals surface area contributed by atoms with Gasteiger partial charge in [-0.1, -0.05) is 98.2 Å². The summed E-state index contributed by atoms with van der Waals surface area (Å²) < 4.78 is 0. The van der Waals surface area contributed by atoms with Crippen LogP contribution in [0.1, 0.15) is 99.3 Å². The second-order valence-electron chi connectivity index (χ2n) is 9.20. The molecule has 1 rings (SSSR count). The van der Waals surface area contributed by atoms with Crippen LogP contribution >= 0.6 is 0 Å². The molecule has 22 heavy (non-hydrogen) atoms. The molecular formula is C21H41B. The van der Waals surface area contributed by atoms with E-state index in [0.29, 0.717) is 0 Å². The molecule has 5 unspecified atom stereocenters. The SMILES string of the molecule is [B]C1(CC(C)C(C)CC)CCCC(CCC(C)CC(C)C)C1. The van der Waals surface area contributed by atoms with Gasteiger partial charge in [0.2, 0.25) is 0 Å². The van der Waals surface area contributed by atoms with Crippen LogP contribution in [0.2, 0.25) is 5.31 Å². The molecule has 0 aromatic carbocycles. The van der Waals surface area contributed by atoms with Crippen molar-refractivity contribution >= 4 is 7.85 Å². The van der Waals surface area contributed by atoms with E-state index in [1.165, 1.54) is 57.8 Å². The molecule has 1 saturated carbocycles. The monoisotopic (exact) mass is 304 g/mol. The summed E-state index contributed by atoms with van der Waals surface area (Å²) in [6, 6.07) is 0. The first-order valence-electron chi connectivity index (χ1n) is 10.0. The van der Waals surface area contributed by atoms with Gasteiger partial charge in [0.1, 0.15) is 0 Å². The van der Waals surface area contributed by atoms with E-state index < -0.39 is 0 Å². The fraction of sp³-hybridized carbons (Fsp3) is 1.00. The van der Waals surface area contributed by atoms with E-state index in [1.807, 2.05) is 0 Å². The average Bonchev–Trinajstić information content (AvgIpc) is 2.43. The van der Waals surface area contributed by atoms with Crippen molar-refractivity contribution < 1.29 is 0 Å². The highest BCUT2D eigenvalue weighted by atomic mass is 14.4. The Morgan fingerprint density at radius 1 is 1.09 bits per heavy atom. The van der Waals surface area contributed by atoms with Gasteiger partial charge in [0, 0.05) is 0 Å². The van der Waals surface area contributed by atoms with Crippen LogP contribution in [-0.4, -0.2) is 7.85 Å². The van der Waals surface area contributed by atoms with Crippen LogP contribution in [0, 0.1) is 29.6 Å². The molecule has 0 amide bonds. The smallest absolute Gasteiger partial charge is 0.0655 e. The molecular weight excluding hydrogens is 263 g/mol. The first-order valence-corrected chi connectivity index (χ1v) is 10.0. The Morgan fingerprint density at radius 2 is 1.77 bits per heavy atom. The lowest BCUT2D eigenvalue weighted by Gasteiger charge is -2.42. The molecule has 1 aliphatic rings. The third-order valence-corrected chi connectivity index (χ3v) is 6.27. The zero-order chi connectivity index (χ0) is 16.8. The quantitative estimate of drug-likeness (QED) is 0.401. The lowest BCUT2D eigenvalue weighted by Crippen LogP contribution is -2.27. The fourth-order valence-corrected chi connectivity index (χ4v) is 4.64. The fourth-order valence-electron chi connectivity index (χ4n) is 4.64. The Bertz CT molecular complexity index is 298. The highest BCUT2D eigenvalue weighted by Gasteiger charge is 2.33. The third kappa shape index (κ3) is 7.09. The summed E-state index contributed by atoms with van der Waals surface area (Å²) in [5.74, 6) is 4.19. The maximum absolute atomic E-state index is 6.83. The van der Waals surface area contributed by atoms with Crippen molar-refractivity contribution in [1.82, 2.24) is 0 Å². The van der Waals surface area contributed by atoms with Gasteiger partial charge in [0.05, 0.1) is 7.85 Å². The van der Waals surface area contributed by atoms with Crippen LogP contribution in [0.15, 0.2) is 0 Å². The van der Waals surface area contributed by atoms with E-state index >= 15 is 0 Å². The lowest BCUT2D eigenvalue weighted by atomic mass is 9.53. The van der Waals surface area contributed by atoms with Crippen molar-refractivity contribution in [2.75, 3.05) is 0 Å². The number of hydrogen-bond acceptors (Lipinski definition) is 0. The summed E-state index contributed by atoms with van der Waals surface area (Å²) in [5, 5.41) is 0.132. The van der Waals surface area contributed by atoms with Gasteiger partial charge in [-0.25, -0.2) is 0 Å². The van der Waals surface area contributed by atoms with Gasteiger partial charge in [0.15, 0.2) is 0 Å². The van der Waals surface area contributed by atoms with Gasteiger partial charge in [-0.15, -0.1) is 0 Å². The second kappa shape index (κ2) is 9.38. The average molecular weight is 304 g/mol. The lowest BCUT2D eigenvalue weighted by molar-refractivity contribution is 0.206. The van der Waals surface area contributed by atoms with Crippen molar-refractivity contribution in [3.05, 3.63) is 0 Å². The molecule has 0 nitrogen and oxygen atoms in total. The van der Waals surface area contributed by atoms with E-state index in [-0.39, 0.29) is 5.31 Å². The zero-order valence-corrected chi connectivity index (χ0v) is 16.3. The molecule has 2 radical (unpaired) electrons. The molecule has 5 atom stereocenters. The largest absolute Gasteiger partial charge is 0.0746 e. The molecule has 0 bridgehead atoms. The minimum absolute atomic E-state index is 0.132. The Morgan fingerprint density at radius 3 is 2.36 bits per heavy atom. The van der Waals surface area contributed by atoms with E-state index in [0.717, 1.165) is 29.6 Å². The van der Waals surface area contributed by atoms with Crippen molar-refractivity contribution in [1.29, 1.82) is 0 Å². The van der Waals surface area contributed by atoms with E-state index in [1.54, 1.807) is 0 Å². The predicted octanol–water partition coefficient (Wildman–Crippen LogP) is 7.04. The molecule has 128 valence electrons. The van der Waals surface area contributed by atoms with E-state index in [2.05, 4.69) is 41.5 Å². The van der Waals surface area contributed by atoms with Crippen LogP contribution in [0.3, 0.4) is 0 Å². The zero-order valence-electron chi connectivity index (χ0n) is 16.3. The summed E-state index contributed by atoms with van der Waals surface area (Å²) >= 11 is 0. The Hall–Kier alpha value is 0.0649. The van der Waals surface area contributed by atoms with Gasteiger partial charge < -0.3 is 0 Å². The standard InChI is InChI=1S/C21H41B/c1-7-18(5)19(6)14-21(22)12-8-9-20(15-21)11-10-17(4)13-16(2)3/h16-20H,7-15H2,1-6H3. The van der Waals surface area contributed by atoms with Gasteiger partial charge in [-0.3, -0.25) is 0 Å². The molecule has 0 N–H and O–H groups in total. The van der Waals surface area contributed by atoms with Crippen LogP contribution in [0.25, 0.3) is 0 Å².